The minimum atomic E-state index is 0.664. The average Bonchev–Trinajstić information content (AvgIpc) is 2.73. The van der Waals surface area contributed by atoms with E-state index in [1.807, 2.05) is 22.7 Å². The van der Waals surface area contributed by atoms with E-state index in [-0.39, 0.29) is 0 Å². The van der Waals surface area contributed by atoms with Gasteiger partial charge in [0.05, 0.1) is 0 Å². The largest absolute Gasteiger partial charge is 0.398 e. The molecule has 0 amide bonds. The van der Waals surface area contributed by atoms with Gasteiger partial charge in [0.1, 0.15) is 5.82 Å². The molecular formula is C12H17N5. The van der Waals surface area contributed by atoms with Crippen LogP contribution in [0.15, 0.2) is 18.3 Å². The van der Waals surface area contributed by atoms with Crippen molar-refractivity contribution < 1.29 is 0 Å². The van der Waals surface area contributed by atoms with E-state index in [1.54, 1.807) is 0 Å². The van der Waals surface area contributed by atoms with Crippen molar-refractivity contribution in [3.8, 4) is 0 Å². The van der Waals surface area contributed by atoms with Gasteiger partial charge in [0.2, 0.25) is 0 Å². The van der Waals surface area contributed by atoms with E-state index in [2.05, 4.69) is 15.5 Å². The van der Waals surface area contributed by atoms with Gasteiger partial charge in [0, 0.05) is 18.3 Å². The number of fused-ring (bicyclic) bond motifs is 1. The summed E-state index contributed by atoms with van der Waals surface area (Å²) < 4.78 is 2.00. The van der Waals surface area contributed by atoms with Crippen LogP contribution in [0.1, 0.15) is 18.7 Å². The maximum atomic E-state index is 5.80. The summed E-state index contributed by atoms with van der Waals surface area (Å²) in [6.07, 6.45) is 5.40. The Morgan fingerprint density at radius 1 is 1.41 bits per heavy atom. The molecule has 2 aromatic heterocycles. The zero-order chi connectivity index (χ0) is 11.7. The van der Waals surface area contributed by atoms with Gasteiger partial charge < -0.3 is 11.1 Å². The first kappa shape index (κ1) is 10.5. The number of hydrogen-bond acceptors (Lipinski definition) is 4. The lowest BCUT2D eigenvalue weighted by Crippen LogP contribution is -2.31. The van der Waals surface area contributed by atoms with Crippen molar-refractivity contribution in [1.82, 2.24) is 19.9 Å². The van der Waals surface area contributed by atoms with Gasteiger partial charge in [-0.15, -0.1) is 10.2 Å². The number of rotatable bonds is 2. The Morgan fingerprint density at radius 3 is 3.18 bits per heavy atom. The first-order valence-electron chi connectivity index (χ1n) is 6.13. The Bertz CT molecular complexity index is 513. The van der Waals surface area contributed by atoms with Gasteiger partial charge in [-0.3, -0.25) is 4.40 Å². The monoisotopic (exact) mass is 231 g/mol. The Balaban J connectivity index is 1.86. The van der Waals surface area contributed by atoms with Crippen molar-refractivity contribution in [3.05, 3.63) is 24.2 Å². The van der Waals surface area contributed by atoms with Crippen LogP contribution in [-0.4, -0.2) is 27.7 Å². The number of aromatic nitrogens is 3. The summed E-state index contributed by atoms with van der Waals surface area (Å²) in [7, 11) is 0. The first-order valence-corrected chi connectivity index (χ1v) is 6.13. The molecule has 3 N–H and O–H groups in total. The van der Waals surface area contributed by atoms with E-state index in [0.717, 1.165) is 36.7 Å². The van der Waals surface area contributed by atoms with Crippen LogP contribution in [-0.2, 0) is 6.42 Å². The minimum absolute atomic E-state index is 0.664. The molecule has 1 fully saturated rings. The Labute approximate surface area is 100 Å². The van der Waals surface area contributed by atoms with Crippen LogP contribution in [0.4, 0.5) is 5.69 Å². The second kappa shape index (κ2) is 4.33. The zero-order valence-corrected chi connectivity index (χ0v) is 9.76. The number of anilines is 1. The van der Waals surface area contributed by atoms with Crippen molar-refractivity contribution in [2.45, 2.75) is 19.3 Å². The molecule has 1 atom stereocenters. The van der Waals surface area contributed by atoms with Gasteiger partial charge in [-0.25, -0.2) is 0 Å². The Morgan fingerprint density at radius 2 is 2.35 bits per heavy atom. The number of nitrogens with zero attached hydrogens (tertiary/aromatic N) is 3. The van der Waals surface area contributed by atoms with Crippen molar-refractivity contribution in [3.63, 3.8) is 0 Å². The lowest BCUT2D eigenvalue weighted by Gasteiger charge is -2.21. The number of pyridine rings is 1. The summed E-state index contributed by atoms with van der Waals surface area (Å²) in [5.41, 5.74) is 7.42. The summed E-state index contributed by atoms with van der Waals surface area (Å²) in [4.78, 5) is 0. The molecule has 0 spiro atoms. The summed E-state index contributed by atoms with van der Waals surface area (Å²) in [6.45, 7) is 2.22. The molecule has 5 nitrogen and oxygen atoms in total. The third-order valence-corrected chi connectivity index (χ3v) is 3.37. The Kier molecular flexibility index (Phi) is 2.68. The fourth-order valence-electron chi connectivity index (χ4n) is 2.45. The van der Waals surface area contributed by atoms with Gasteiger partial charge in [0.25, 0.3) is 0 Å². The second-order valence-electron chi connectivity index (χ2n) is 4.72. The molecule has 1 saturated heterocycles. The molecule has 1 aliphatic rings. The van der Waals surface area contributed by atoms with Crippen LogP contribution in [0.2, 0.25) is 0 Å². The SMILES string of the molecule is Nc1ccc2nnc(CC3CCCNC3)n2c1. The number of piperidine rings is 1. The highest BCUT2D eigenvalue weighted by molar-refractivity contribution is 5.47. The van der Waals surface area contributed by atoms with Gasteiger partial charge in [-0.1, -0.05) is 0 Å². The lowest BCUT2D eigenvalue weighted by atomic mass is 9.96. The maximum Gasteiger partial charge on any atom is 0.160 e. The molecule has 1 unspecified atom stereocenters. The quantitative estimate of drug-likeness (QED) is 0.804. The predicted octanol–water partition coefficient (Wildman–Crippen LogP) is 0.854. The summed E-state index contributed by atoms with van der Waals surface area (Å²) in [6, 6.07) is 3.76. The van der Waals surface area contributed by atoms with E-state index in [4.69, 9.17) is 5.73 Å². The minimum Gasteiger partial charge on any atom is -0.398 e. The van der Waals surface area contributed by atoms with E-state index >= 15 is 0 Å². The molecular weight excluding hydrogens is 214 g/mol. The van der Waals surface area contributed by atoms with E-state index in [9.17, 15) is 0 Å². The van der Waals surface area contributed by atoms with Gasteiger partial charge in [-0.2, -0.15) is 0 Å². The molecule has 0 radical (unpaired) electrons. The molecule has 0 aromatic carbocycles. The van der Waals surface area contributed by atoms with Crippen LogP contribution in [0.25, 0.3) is 5.65 Å². The molecule has 1 aliphatic heterocycles. The average molecular weight is 231 g/mol. The third kappa shape index (κ3) is 2.10. The van der Waals surface area contributed by atoms with Crippen molar-refractivity contribution >= 4 is 11.3 Å². The van der Waals surface area contributed by atoms with Crippen LogP contribution >= 0.6 is 0 Å². The Hall–Kier alpha value is -1.62. The first-order chi connectivity index (χ1) is 8.33. The molecule has 2 aromatic rings. The topological polar surface area (TPSA) is 68.2 Å². The molecule has 0 bridgehead atoms. The van der Waals surface area contributed by atoms with Crippen molar-refractivity contribution in [2.75, 3.05) is 18.8 Å². The number of nitrogens with two attached hydrogens (primary N) is 1. The standard InChI is InChI=1S/C12H17N5/c13-10-3-4-11-15-16-12(17(11)8-10)6-9-2-1-5-14-7-9/h3-4,8-9,14H,1-2,5-7,13H2. The van der Waals surface area contributed by atoms with Crippen LogP contribution in [0.5, 0.6) is 0 Å². The molecule has 17 heavy (non-hydrogen) atoms. The van der Waals surface area contributed by atoms with Crippen LogP contribution < -0.4 is 11.1 Å². The van der Waals surface area contributed by atoms with Gasteiger partial charge >= 0.3 is 0 Å². The normalized spacial score (nSPS) is 20.8. The van der Waals surface area contributed by atoms with E-state index < -0.39 is 0 Å². The van der Waals surface area contributed by atoms with Crippen LogP contribution in [0.3, 0.4) is 0 Å². The third-order valence-electron chi connectivity index (χ3n) is 3.37. The molecule has 90 valence electrons. The second-order valence-corrected chi connectivity index (χ2v) is 4.72. The molecule has 0 aliphatic carbocycles. The zero-order valence-electron chi connectivity index (χ0n) is 9.76. The van der Waals surface area contributed by atoms with E-state index in [0.29, 0.717) is 5.92 Å². The molecule has 5 heteroatoms. The highest BCUT2D eigenvalue weighted by Gasteiger charge is 2.16. The number of hydrogen-bond donors (Lipinski definition) is 2. The molecule has 0 saturated carbocycles. The maximum absolute atomic E-state index is 5.80. The highest BCUT2D eigenvalue weighted by atomic mass is 15.2. The van der Waals surface area contributed by atoms with Crippen molar-refractivity contribution in [1.29, 1.82) is 0 Å². The van der Waals surface area contributed by atoms with E-state index in [1.165, 1.54) is 12.8 Å². The fourth-order valence-corrected chi connectivity index (χ4v) is 2.45. The van der Waals surface area contributed by atoms with Gasteiger partial charge in [-0.05, 0) is 44.0 Å². The molecule has 3 rings (SSSR count). The van der Waals surface area contributed by atoms with Crippen LogP contribution in [0, 0.1) is 5.92 Å². The molecule has 3 heterocycles. The van der Waals surface area contributed by atoms with Gasteiger partial charge in [0.15, 0.2) is 5.65 Å². The summed E-state index contributed by atoms with van der Waals surface area (Å²) in [5, 5.41) is 11.8. The van der Waals surface area contributed by atoms with Crippen molar-refractivity contribution in [2.24, 2.45) is 5.92 Å². The smallest absolute Gasteiger partial charge is 0.160 e. The summed E-state index contributed by atoms with van der Waals surface area (Å²) >= 11 is 0. The number of nitrogens with one attached hydrogen (secondary N) is 1. The predicted molar refractivity (Wildman–Crippen MR) is 66.7 cm³/mol. The highest BCUT2D eigenvalue weighted by Crippen LogP contribution is 2.16. The number of nitrogen functional groups attached to an aromatic ring is 1. The summed E-state index contributed by atoms with van der Waals surface area (Å²) in [5.74, 6) is 1.68. The lowest BCUT2D eigenvalue weighted by molar-refractivity contribution is 0.370. The fraction of sp³-hybridized carbons (Fsp3) is 0.500.